The lowest BCUT2D eigenvalue weighted by atomic mass is 10.1. The molecule has 0 atom stereocenters. The Labute approximate surface area is 151 Å². The number of rotatable bonds is 3. The zero-order valence-corrected chi connectivity index (χ0v) is 14.4. The number of amides is 2. The molecule has 1 aromatic carbocycles. The van der Waals surface area contributed by atoms with Gasteiger partial charge in [-0.15, -0.1) is 0 Å². The van der Waals surface area contributed by atoms with Gasteiger partial charge in [-0.25, -0.2) is 4.98 Å². The van der Waals surface area contributed by atoms with E-state index in [9.17, 15) is 9.59 Å². The second-order valence-electron chi connectivity index (χ2n) is 6.54. The van der Waals surface area contributed by atoms with Gasteiger partial charge in [-0.1, -0.05) is 6.07 Å². The number of hydrogen-bond donors (Lipinski definition) is 2. The van der Waals surface area contributed by atoms with Crippen molar-refractivity contribution >= 4 is 22.8 Å². The molecule has 2 aromatic heterocycles. The van der Waals surface area contributed by atoms with Gasteiger partial charge >= 0.3 is 0 Å². The topological polar surface area (TPSA) is 85.1 Å². The Morgan fingerprint density at radius 2 is 1.88 bits per heavy atom. The molecule has 0 radical (unpaired) electrons. The van der Waals surface area contributed by atoms with Crippen molar-refractivity contribution < 1.29 is 9.59 Å². The molecule has 1 saturated heterocycles. The van der Waals surface area contributed by atoms with Gasteiger partial charge in [0.2, 0.25) is 5.91 Å². The molecule has 3 aromatic rings. The Hall–Kier alpha value is -3.09. The molecule has 2 amide bonds. The SMILES string of the molecule is O=C(Cc1ccc2nc[nH]c2c1)N1CCCN(C(=O)c2ccc[nH]2)CC1. The molecular formula is C19H21N5O2. The molecule has 4 rings (SSSR count). The highest BCUT2D eigenvalue weighted by atomic mass is 16.2. The highest BCUT2D eigenvalue weighted by molar-refractivity contribution is 5.92. The van der Waals surface area contributed by atoms with E-state index in [0.717, 1.165) is 23.0 Å². The molecule has 3 heterocycles. The van der Waals surface area contributed by atoms with Crippen LogP contribution in [0.2, 0.25) is 0 Å². The lowest BCUT2D eigenvalue weighted by molar-refractivity contribution is -0.130. The van der Waals surface area contributed by atoms with Crippen LogP contribution in [0.3, 0.4) is 0 Å². The van der Waals surface area contributed by atoms with E-state index in [1.165, 1.54) is 0 Å². The fourth-order valence-electron chi connectivity index (χ4n) is 3.38. The highest BCUT2D eigenvalue weighted by Gasteiger charge is 2.23. The average molecular weight is 351 g/mol. The maximum atomic E-state index is 12.7. The smallest absolute Gasteiger partial charge is 0.270 e. The number of H-pyrrole nitrogens is 2. The van der Waals surface area contributed by atoms with Crippen molar-refractivity contribution in [3.05, 3.63) is 54.1 Å². The maximum absolute atomic E-state index is 12.7. The fraction of sp³-hybridized carbons (Fsp3) is 0.316. The molecule has 1 aliphatic rings. The standard InChI is InChI=1S/C19H21N5O2/c25-18(12-14-4-5-15-17(11-14)22-13-21-15)23-7-2-8-24(10-9-23)19(26)16-3-1-6-20-16/h1,3-6,11,13,20H,2,7-10,12H2,(H,21,22). The first kappa shape index (κ1) is 16.4. The Morgan fingerprint density at radius 3 is 2.73 bits per heavy atom. The van der Waals surface area contributed by atoms with E-state index in [1.807, 2.05) is 34.1 Å². The number of nitrogens with zero attached hydrogens (tertiary/aromatic N) is 3. The summed E-state index contributed by atoms with van der Waals surface area (Å²) in [6.45, 7) is 2.47. The fourth-order valence-corrected chi connectivity index (χ4v) is 3.38. The van der Waals surface area contributed by atoms with Gasteiger partial charge in [0.05, 0.1) is 23.8 Å². The van der Waals surface area contributed by atoms with E-state index in [1.54, 1.807) is 18.6 Å². The monoisotopic (exact) mass is 351 g/mol. The van der Waals surface area contributed by atoms with Crippen molar-refractivity contribution in [3.8, 4) is 0 Å². The number of carbonyl (C=O) groups is 2. The molecule has 1 aliphatic heterocycles. The molecular weight excluding hydrogens is 330 g/mol. The summed E-state index contributed by atoms with van der Waals surface area (Å²) in [5.41, 5.74) is 3.40. The number of nitrogens with one attached hydrogen (secondary N) is 2. The van der Waals surface area contributed by atoms with Gasteiger partial charge in [-0.2, -0.15) is 0 Å². The number of fused-ring (bicyclic) bond motifs is 1. The summed E-state index contributed by atoms with van der Waals surface area (Å²) >= 11 is 0. The molecule has 7 nitrogen and oxygen atoms in total. The number of carbonyl (C=O) groups excluding carboxylic acids is 2. The van der Waals surface area contributed by atoms with Crippen molar-refractivity contribution in [1.29, 1.82) is 0 Å². The van der Waals surface area contributed by atoms with Crippen molar-refractivity contribution in [2.45, 2.75) is 12.8 Å². The van der Waals surface area contributed by atoms with Crippen molar-refractivity contribution in [3.63, 3.8) is 0 Å². The second kappa shape index (κ2) is 7.03. The van der Waals surface area contributed by atoms with E-state index in [2.05, 4.69) is 15.0 Å². The summed E-state index contributed by atoms with van der Waals surface area (Å²) in [6.07, 6.45) is 4.55. The van der Waals surface area contributed by atoms with Crippen molar-refractivity contribution in [1.82, 2.24) is 24.8 Å². The Bertz CT molecular complexity index is 915. The summed E-state index contributed by atoms with van der Waals surface area (Å²) in [6, 6.07) is 9.44. The number of aromatic nitrogens is 3. The summed E-state index contributed by atoms with van der Waals surface area (Å²) in [7, 11) is 0. The van der Waals surface area contributed by atoms with E-state index >= 15 is 0 Å². The highest BCUT2D eigenvalue weighted by Crippen LogP contribution is 2.14. The van der Waals surface area contributed by atoms with Crippen LogP contribution >= 0.6 is 0 Å². The van der Waals surface area contributed by atoms with Gasteiger partial charge in [0.1, 0.15) is 5.69 Å². The molecule has 7 heteroatoms. The van der Waals surface area contributed by atoms with E-state index < -0.39 is 0 Å². The van der Waals surface area contributed by atoms with Crippen LogP contribution in [-0.2, 0) is 11.2 Å². The first-order chi connectivity index (χ1) is 12.7. The summed E-state index contributed by atoms with van der Waals surface area (Å²) < 4.78 is 0. The lowest BCUT2D eigenvalue weighted by Crippen LogP contribution is -2.38. The van der Waals surface area contributed by atoms with Crippen LogP contribution in [0.25, 0.3) is 11.0 Å². The Morgan fingerprint density at radius 1 is 1.04 bits per heavy atom. The summed E-state index contributed by atoms with van der Waals surface area (Å²) in [4.78, 5) is 39.0. The molecule has 0 spiro atoms. The zero-order chi connectivity index (χ0) is 17.9. The van der Waals surface area contributed by atoms with E-state index in [4.69, 9.17) is 0 Å². The minimum absolute atomic E-state index is 0.00556. The third kappa shape index (κ3) is 3.33. The van der Waals surface area contributed by atoms with Gasteiger partial charge in [0.25, 0.3) is 5.91 Å². The van der Waals surface area contributed by atoms with Crippen LogP contribution in [0, 0.1) is 0 Å². The van der Waals surface area contributed by atoms with Crippen LogP contribution in [0.4, 0.5) is 0 Å². The molecule has 1 fully saturated rings. The van der Waals surface area contributed by atoms with Crippen LogP contribution in [0.1, 0.15) is 22.5 Å². The number of imidazole rings is 1. The molecule has 134 valence electrons. The van der Waals surface area contributed by atoms with Gasteiger partial charge in [0, 0.05) is 32.4 Å². The van der Waals surface area contributed by atoms with Crippen molar-refractivity contribution in [2.75, 3.05) is 26.2 Å². The lowest BCUT2D eigenvalue weighted by Gasteiger charge is -2.22. The average Bonchev–Trinajstić information content (AvgIpc) is 3.28. The zero-order valence-electron chi connectivity index (χ0n) is 14.4. The van der Waals surface area contributed by atoms with Gasteiger partial charge in [0.15, 0.2) is 0 Å². The molecule has 2 N–H and O–H groups in total. The molecule has 26 heavy (non-hydrogen) atoms. The van der Waals surface area contributed by atoms with Crippen LogP contribution in [-0.4, -0.2) is 62.7 Å². The van der Waals surface area contributed by atoms with Crippen LogP contribution in [0.5, 0.6) is 0 Å². The minimum Gasteiger partial charge on any atom is -0.357 e. The number of aromatic amines is 2. The van der Waals surface area contributed by atoms with Gasteiger partial charge < -0.3 is 19.8 Å². The van der Waals surface area contributed by atoms with E-state index in [-0.39, 0.29) is 11.8 Å². The normalized spacial score (nSPS) is 15.2. The Balaban J connectivity index is 1.38. The number of hydrogen-bond acceptors (Lipinski definition) is 3. The Kier molecular flexibility index (Phi) is 4.43. The quantitative estimate of drug-likeness (QED) is 0.755. The van der Waals surface area contributed by atoms with Gasteiger partial charge in [-0.3, -0.25) is 9.59 Å². The van der Waals surface area contributed by atoms with Crippen LogP contribution in [0.15, 0.2) is 42.9 Å². The molecule has 0 unspecified atom stereocenters. The molecule has 0 aliphatic carbocycles. The maximum Gasteiger partial charge on any atom is 0.270 e. The number of benzene rings is 1. The minimum atomic E-state index is -0.00556. The predicted molar refractivity (Wildman–Crippen MR) is 97.7 cm³/mol. The molecule has 0 saturated carbocycles. The van der Waals surface area contributed by atoms with Gasteiger partial charge in [-0.05, 0) is 36.2 Å². The predicted octanol–water partition coefficient (Wildman–Crippen LogP) is 1.81. The first-order valence-corrected chi connectivity index (χ1v) is 8.83. The van der Waals surface area contributed by atoms with Crippen molar-refractivity contribution in [2.24, 2.45) is 0 Å². The second-order valence-corrected chi connectivity index (χ2v) is 6.54. The third-order valence-corrected chi connectivity index (χ3v) is 4.80. The largest absolute Gasteiger partial charge is 0.357 e. The van der Waals surface area contributed by atoms with E-state index in [0.29, 0.717) is 38.3 Å². The third-order valence-electron chi connectivity index (χ3n) is 4.80. The first-order valence-electron chi connectivity index (χ1n) is 8.83. The summed E-state index contributed by atoms with van der Waals surface area (Å²) in [5, 5.41) is 0. The van der Waals surface area contributed by atoms with Crippen LogP contribution < -0.4 is 0 Å². The molecule has 0 bridgehead atoms. The summed E-state index contributed by atoms with van der Waals surface area (Å²) in [5.74, 6) is 0.0898.